The number of benzene rings is 1. The highest BCUT2D eigenvalue weighted by atomic mass is 16.5. The lowest BCUT2D eigenvalue weighted by molar-refractivity contribution is -0.167. The topological polar surface area (TPSA) is 46.5 Å². The number of aliphatic carboxylic acids is 1. The molecule has 0 saturated heterocycles. The molecule has 0 aromatic heterocycles. The molecule has 22 heavy (non-hydrogen) atoms. The average molecular weight is 300 g/mol. The van der Waals surface area contributed by atoms with Crippen LogP contribution in [0.3, 0.4) is 0 Å². The molecule has 1 N–H and O–H groups in total. The van der Waals surface area contributed by atoms with Gasteiger partial charge in [0.1, 0.15) is 5.75 Å². The van der Waals surface area contributed by atoms with E-state index in [1.807, 2.05) is 19.1 Å². The number of carboxylic acid groups (broad SMARTS) is 1. The quantitative estimate of drug-likeness (QED) is 0.914. The summed E-state index contributed by atoms with van der Waals surface area (Å²) in [5.41, 5.74) is 0.964. The largest absolute Gasteiger partial charge is 0.494 e. The molecule has 0 heterocycles. The van der Waals surface area contributed by atoms with E-state index in [-0.39, 0.29) is 5.41 Å². The molecule has 3 nitrogen and oxygen atoms in total. The van der Waals surface area contributed by atoms with E-state index in [0.29, 0.717) is 18.4 Å². The smallest absolute Gasteiger partial charge is 0.309 e. The summed E-state index contributed by atoms with van der Waals surface area (Å²) in [6.07, 6.45) is 6.22. The Morgan fingerprint density at radius 2 is 1.82 bits per heavy atom. The number of ether oxygens (including phenoxy) is 1. The van der Waals surface area contributed by atoms with Crippen LogP contribution in [0.15, 0.2) is 24.3 Å². The highest BCUT2D eigenvalue weighted by molar-refractivity contribution is 5.76. The lowest BCUT2D eigenvalue weighted by Gasteiger charge is -2.60. The van der Waals surface area contributed by atoms with Crippen molar-refractivity contribution in [2.75, 3.05) is 6.61 Å². The lowest BCUT2D eigenvalue weighted by Crippen LogP contribution is -2.56. The van der Waals surface area contributed by atoms with Crippen molar-refractivity contribution in [2.45, 2.75) is 50.9 Å². The third-order valence-electron chi connectivity index (χ3n) is 6.29. The standard InChI is InChI=1S/C19H24O3/c1-2-22-16-5-3-15(4-6-16)18-8-13-7-14(9-18)11-19(10-13,12-18)17(20)21/h3-6,13-14H,2,7-12H2,1H3,(H,20,21). The summed E-state index contributed by atoms with van der Waals surface area (Å²) in [6.45, 7) is 2.67. The summed E-state index contributed by atoms with van der Waals surface area (Å²) in [4.78, 5) is 11.9. The first-order valence-corrected chi connectivity index (χ1v) is 8.52. The van der Waals surface area contributed by atoms with Gasteiger partial charge in [0, 0.05) is 0 Å². The van der Waals surface area contributed by atoms with E-state index in [1.54, 1.807) is 0 Å². The zero-order valence-electron chi connectivity index (χ0n) is 13.2. The van der Waals surface area contributed by atoms with Gasteiger partial charge >= 0.3 is 5.97 Å². The molecule has 0 aliphatic heterocycles. The van der Waals surface area contributed by atoms with E-state index >= 15 is 0 Å². The van der Waals surface area contributed by atoms with Crippen LogP contribution >= 0.6 is 0 Å². The molecule has 3 heteroatoms. The number of rotatable bonds is 4. The van der Waals surface area contributed by atoms with E-state index in [2.05, 4.69) is 12.1 Å². The van der Waals surface area contributed by atoms with Gasteiger partial charge in [0.15, 0.2) is 0 Å². The van der Waals surface area contributed by atoms with Crippen molar-refractivity contribution in [3.8, 4) is 5.75 Å². The Hall–Kier alpha value is -1.51. The van der Waals surface area contributed by atoms with Crippen LogP contribution in [0, 0.1) is 17.3 Å². The minimum Gasteiger partial charge on any atom is -0.494 e. The van der Waals surface area contributed by atoms with Crippen molar-refractivity contribution in [1.82, 2.24) is 0 Å². The molecule has 1 aromatic rings. The van der Waals surface area contributed by atoms with E-state index in [1.165, 1.54) is 24.8 Å². The Balaban J connectivity index is 1.70. The zero-order chi connectivity index (χ0) is 15.4. The fourth-order valence-electron chi connectivity index (χ4n) is 5.92. The fourth-order valence-corrected chi connectivity index (χ4v) is 5.92. The monoisotopic (exact) mass is 300 g/mol. The molecule has 4 aliphatic rings. The highest BCUT2D eigenvalue weighted by Crippen LogP contribution is 2.65. The van der Waals surface area contributed by atoms with Crippen LogP contribution in [0.5, 0.6) is 5.75 Å². The SMILES string of the molecule is CCOc1ccc(C23CC4CC(CC(C(=O)O)(C4)C2)C3)cc1. The predicted molar refractivity (Wildman–Crippen MR) is 84.0 cm³/mol. The van der Waals surface area contributed by atoms with Gasteiger partial charge in [-0.2, -0.15) is 0 Å². The number of carbonyl (C=O) groups is 1. The maximum absolute atomic E-state index is 11.9. The Morgan fingerprint density at radius 3 is 2.36 bits per heavy atom. The van der Waals surface area contributed by atoms with Gasteiger partial charge in [-0.15, -0.1) is 0 Å². The Morgan fingerprint density at radius 1 is 1.18 bits per heavy atom. The number of carboxylic acids is 1. The van der Waals surface area contributed by atoms with E-state index in [0.717, 1.165) is 25.0 Å². The molecule has 0 spiro atoms. The van der Waals surface area contributed by atoms with Crippen LogP contribution in [0.25, 0.3) is 0 Å². The maximum atomic E-state index is 11.9. The highest BCUT2D eigenvalue weighted by Gasteiger charge is 2.61. The van der Waals surface area contributed by atoms with Crippen LogP contribution < -0.4 is 4.74 Å². The minimum absolute atomic E-state index is 0.0905. The van der Waals surface area contributed by atoms with Crippen molar-refractivity contribution in [1.29, 1.82) is 0 Å². The second kappa shape index (κ2) is 4.74. The summed E-state index contributed by atoms with van der Waals surface area (Å²) in [6, 6.07) is 8.44. The van der Waals surface area contributed by atoms with Gasteiger partial charge in [0.2, 0.25) is 0 Å². The summed E-state index contributed by atoms with van der Waals surface area (Å²) < 4.78 is 5.54. The van der Waals surface area contributed by atoms with Crippen LogP contribution in [0.4, 0.5) is 0 Å². The molecule has 4 aliphatic carbocycles. The summed E-state index contributed by atoms with van der Waals surface area (Å²) >= 11 is 0. The first-order valence-electron chi connectivity index (χ1n) is 8.52. The van der Waals surface area contributed by atoms with Gasteiger partial charge < -0.3 is 9.84 Å². The van der Waals surface area contributed by atoms with Crippen LogP contribution in [0.2, 0.25) is 0 Å². The van der Waals surface area contributed by atoms with Crippen LogP contribution in [-0.4, -0.2) is 17.7 Å². The molecular formula is C19H24O3. The van der Waals surface area contributed by atoms with Gasteiger partial charge in [0.25, 0.3) is 0 Å². The Kier molecular flexibility index (Phi) is 3.04. The number of hydrogen-bond acceptors (Lipinski definition) is 2. The van der Waals surface area contributed by atoms with Gasteiger partial charge in [-0.1, -0.05) is 12.1 Å². The van der Waals surface area contributed by atoms with Crippen molar-refractivity contribution >= 4 is 5.97 Å². The average Bonchev–Trinajstić information content (AvgIpc) is 2.47. The molecule has 4 fully saturated rings. The molecule has 1 aromatic carbocycles. The van der Waals surface area contributed by atoms with Crippen molar-refractivity contribution in [2.24, 2.45) is 17.3 Å². The second-order valence-corrected chi connectivity index (χ2v) is 7.78. The first kappa shape index (κ1) is 14.1. The molecule has 0 radical (unpaired) electrons. The van der Waals surface area contributed by atoms with Gasteiger partial charge in [0.05, 0.1) is 12.0 Å². The predicted octanol–water partition coefficient (Wildman–Crippen LogP) is 4.01. The Labute approximate surface area is 131 Å². The van der Waals surface area contributed by atoms with Gasteiger partial charge in [-0.05, 0) is 80.4 Å². The minimum atomic E-state index is -0.558. The van der Waals surface area contributed by atoms with Gasteiger partial charge in [-0.25, -0.2) is 0 Å². The van der Waals surface area contributed by atoms with E-state index < -0.39 is 11.4 Å². The Bertz CT molecular complexity index is 575. The fraction of sp³-hybridized carbons (Fsp3) is 0.632. The summed E-state index contributed by atoms with van der Waals surface area (Å²) in [5.74, 6) is 1.55. The lowest BCUT2D eigenvalue weighted by atomic mass is 9.43. The van der Waals surface area contributed by atoms with Crippen molar-refractivity contribution < 1.29 is 14.6 Å². The third-order valence-corrected chi connectivity index (χ3v) is 6.29. The molecule has 2 unspecified atom stereocenters. The second-order valence-electron chi connectivity index (χ2n) is 7.78. The van der Waals surface area contributed by atoms with Crippen molar-refractivity contribution in [3.05, 3.63) is 29.8 Å². The number of hydrogen-bond donors (Lipinski definition) is 1. The molecular weight excluding hydrogens is 276 g/mol. The molecule has 0 amide bonds. The van der Waals surface area contributed by atoms with E-state index in [9.17, 15) is 9.90 Å². The summed E-state index contributed by atoms with van der Waals surface area (Å²) in [7, 11) is 0. The molecule has 4 bridgehead atoms. The molecule has 5 rings (SSSR count). The van der Waals surface area contributed by atoms with Crippen molar-refractivity contribution in [3.63, 3.8) is 0 Å². The third kappa shape index (κ3) is 1.98. The van der Waals surface area contributed by atoms with Gasteiger partial charge in [-0.3, -0.25) is 4.79 Å². The van der Waals surface area contributed by atoms with Crippen LogP contribution in [-0.2, 0) is 10.2 Å². The first-order chi connectivity index (χ1) is 10.6. The molecule has 2 atom stereocenters. The normalized spacial score (nSPS) is 39.0. The van der Waals surface area contributed by atoms with Crippen LogP contribution in [0.1, 0.15) is 51.0 Å². The molecule has 4 saturated carbocycles. The zero-order valence-corrected chi connectivity index (χ0v) is 13.2. The summed E-state index contributed by atoms with van der Waals surface area (Å²) in [5, 5.41) is 9.83. The molecule has 118 valence electrons. The van der Waals surface area contributed by atoms with E-state index in [4.69, 9.17) is 4.74 Å². The maximum Gasteiger partial charge on any atom is 0.309 e.